The van der Waals surface area contributed by atoms with Crippen LogP contribution in [0, 0.1) is 17.0 Å². The van der Waals surface area contributed by atoms with Crippen molar-refractivity contribution in [1.82, 2.24) is 4.90 Å². The Bertz CT molecular complexity index is 1360. The number of halogens is 2. The third kappa shape index (κ3) is 5.31. The lowest BCUT2D eigenvalue weighted by Crippen LogP contribution is -2.21. The molecule has 0 spiro atoms. The summed E-state index contributed by atoms with van der Waals surface area (Å²) in [6.45, 7) is 3.31. The molecule has 2 heterocycles. The summed E-state index contributed by atoms with van der Waals surface area (Å²) < 4.78 is 34.8. The van der Waals surface area contributed by atoms with Crippen LogP contribution in [0.4, 0.5) is 11.4 Å². The zero-order valence-corrected chi connectivity index (χ0v) is 21.4. The lowest BCUT2D eigenvalue weighted by Gasteiger charge is -2.16. The monoisotopic (exact) mass is 541 g/mol. The van der Waals surface area contributed by atoms with E-state index >= 15 is 0 Å². The van der Waals surface area contributed by atoms with Crippen molar-refractivity contribution in [2.75, 3.05) is 24.9 Å². The van der Waals surface area contributed by atoms with Gasteiger partial charge in [-0.3, -0.25) is 14.8 Å². The number of nitro benzene ring substituents is 1. The first-order chi connectivity index (χ1) is 16.0. The van der Waals surface area contributed by atoms with Gasteiger partial charge in [-0.25, -0.2) is 8.42 Å². The first-order valence-electron chi connectivity index (χ1n) is 10.3. The Morgan fingerprint density at radius 3 is 2.65 bits per heavy atom. The van der Waals surface area contributed by atoms with E-state index in [1.165, 1.54) is 12.1 Å². The van der Waals surface area contributed by atoms with E-state index in [-0.39, 0.29) is 20.3 Å². The Kier molecular flexibility index (Phi) is 7.07. The topological polar surface area (TPSA) is 102 Å². The molecule has 1 N–H and O–H groups in total. The van der Waals surface area contributed by atoms with E-state index in [0.29, 0.717) is 33.1 Å². The maximum Gasteiger partial charge on any atom is 0.272 e. The van der Waals surface area contributed by atoms with Crippen molar-refractivity contribution in [2.45, 2.75) is 23.7 Å². The number of likely N-dealkylation sites (tertiary alicyclic amines) is 1. The smallest absolute Gasteiger partial charge is 0.272 e. The Morgan fingerprint density at radius 2 is 1.97 bits per heavy atom. The van der Waals surface area contributed by atoms with Crippen LogP contribution in [0.3, 0.4) is 0 Å². The molecule has 0 saturated carbocycles. The van der Waals surface area contributed by atoms with Gasteiger partial charge in [-0.1, -0.05) is 35.3 Å². The van der Waals surface area contributed by atoms with E-state index in [4.69, 9.17) is 27.9 Å². The number of aryl methyl sites for hydroxylation is 1. The first-order valence-corrected chi connectivity index (χ1v) is 13.3. The molecular formula is C22H21Cl2N3O5S2. The van der Waals surface area contributed by atoms with Crippen molar-refractivity contribution in [1.29, 1.82) is 0 Å². The van der Waals surface area contributed by atoms with Gasteiger partial charge in [-0.2, -0.15) is 0 Å². The third-order valence-electron chi connectivity index (χ3n) is 5.47. The summed E-state index contributed by atoms with van der Waals surface area (Å²) in [6.07, 6.45) is 0.836. The molecule has 1 aliphatic heterocycles. The maximum atomic E-state index is 13.1. The number of benzene rings is 2. The van der Waals surface area contributed by atoms with Crippen LogP contribution in [0.1, 0.15) is 12.0 Å². The molecule has 2 aromatic carbocycles. The van der Waals surface area contributed by atoms with E-state index in [2.05, 4.69) is 9.62 Å². The largest absolute Gasteiger partial charge is 0.487 e. The zero-order valence-electron chi connectivity index (χ0n) is 18.2. The first kappa shape index (κ1) is 24.7. The predicted octanol–water partition coefficient (Wildman–Crippen LogP) is 5.82. The van der Waals surface area contributed by atoms with Crippen LogP contribution in [0.5, 0.6) is 5.75 Å². The van der Waals surface area contributed by atoms with Crippen LogP contribution < -0.4 is 9.46 Å². The second-order valence-electron chi connectivity index (χ2n) is 8.05. The number of nitro groups is 1. The van der Waals surface area contributed by atoms with Gasteiger partial charge in [0.05, 0.1) is 15.6 Å². The number of nitrogens with one attached hydrogen (secondary N) is 1. The highest BCUT2D eigenvalue weighted by Gasteiger charge is 2.24. The second kappa shape index (κ2) is 9.71. The minimum atomic E-state index is -3.98. The number of rotatable bonds is 7. The quantitative estimate of drug-likeness (QED) is 0.298. The summed E-state index contributed by atoms with van der Waals surface area (Å²) in [7, 11) is -1.98. The highest BCUT2D eigenvalue weighted by atomic mass is 35.5. The Labute approximate surface area is 211 Å². The summed E-state index contributed by atoms with van der Waals surface area (Å²) in [5.74, 6) is 0.402. The number of sulfonamides is 1. The third-order valence-corrected chi connectivity index (χ3v) is 9.00. The molecule has 0 bridgehead atoms. The average molecular weight is 542 g/mol. The van der Waals surface area contributed by atoms with Gasteiger partial charge < -0.3 is 9.64 Å². The van der Waals surface area contributed by atoms with Crippen molar-refractivity contribution >= 4 is 55.9 Å². The molecule has 1 saturated heterocycles. The molecule has 180 valence electrons. The van der Waals surface area contributed by atoms with Gasteiger partial charge in [0.15, 0.2) is 0 Å². The number of ether oxygens (including phenoxy) is 1. The van der Waals surface area contributed by atoms with Gasteiger partial charge in [0, 0.05) is 36.3 Å². The molecule has 12 heteroatoms. The molecule has 0 amide bonds. The van der Waals surface area contributed by atoms with E-state index < -0.39 is 14.9 Å². The molecule has 1 aromatic heterocycles. The van der Waals surface area contributed by atoms with Crippen LogP contribution in [0.15, 0.2) is 46.7 Å². The molecule has 34 heavy (non-hydrogen) atoms. The van der Waals surface area contributed by atoms with Gasteiger partial charge in [0.2, 0.25) is 0 Å². The SMILES string of the molecule is Cc1ccc(-c2cc(S(=O)(=O)Nc3ccc(Cl)c(O[C@@H]4CCN(C)C4)c3)sc2Cl)cc1[N+](=O)[O-]. The van der Waals surface area contributed by atoms with Gasteiger partial charge in [0.25, 0.3) is 15.7 Å². The fourth-order valence-electron chi connectivity index (χ4n) is 3.68. The van der Waals surface area contributed by atoms with Gasteiger partial charge >= 0.3 is 0 Å². The summed E-state index contributed by atoms with van der Waals surface area (Å²) in [6, 6.07) is 10.7. The fraction of sp³-hybridized carbons (Fsp3) is 0.273. The molecule has 4 rings (SSSR count). The van der Waals surface area contributed by atoms with Crippen molar-refractivity contribution in [3.63, 3.8) is 0 Å². The maximum absolute atomic E-state index is 13.1. The summed E-state index contributed by atoms with van der Waals surface area (Å²) >= 11 is 13.5. The fourth-order valence-corrected chi connectivity index (χ4v) is 6.66. The van der Waals surface area contributed by atoms with Gasteiger partial charge in [-0.15, -0.1) is 11.3 Å². The van der Waals surface area contributed by atoms with Crippen molar-refractivity contribution in [2.24, 2.45) is 0 Å². The van der Waals surface area contributed by atoms with E-state index in [1.54, 1.807) is 37.3 Å². The van der Waals surface area contributed by atoms with Crippen molar-refractivity contribution in [3.8, 4) is 16.9 Å². The van der Waals surface area contributed by atoms with Crippen molar-refractivity contribution in [3.05, 3.63) is 67.5 Å². The van der Waals surface area contributed by atoms with E-state index in [0.717, 1.165) is 30.8 Å². The molecule has 0 unspecified atom stereocenters. The molecule has 0 aliphatic carbocycles. The summed E-state index contributed by atoms with van der Waals surface area (Å²) in [5, 5.41) is 11.7. The standard InChI is InChI=1S/C22H21Cl2N3O5S2/c1-13-3-4-14(9-19(13)27(28)29)17-11-21(33-22(17)24)34(30,31)25-15-5-6-18(23)20(10-15)32-16-7-8-26(2)12-16/h3-6,9-11,16,25H,7-8,12H2,1-2H3/t16-/m1/s1. The van der Waals surface area contributed by atoms with Crippen LogP contribution in [0.25, 0.3) is 11.1 Å². The molecule has 3 aromatic rings. The minimum absolute atomic E-state index is 0.0217. The van der Waals surface area contributed by atoms with Gasteiger partial charge in [-0.05, 0) is 44.2 Å². The lowest BCUT2D eigenvalue weighted by molar-refractivity contribution is -0.385. The normalized spacial score (nSPS) is 16.5. The highest BCUT2D eigenvalue weighted by molar-refractivity contribution is 7.94. The molecule has 1 aliphatic rings. The number of nitrogens with zero attached hydrogens (tertiary/aromatic N) is 2. The number of anilines is 1. The molecule has 1 fully saturated rings. The lowest BCUT2D eigenvalue weighted by atomic mass is 10.1. The van der Waals surface area contributed by atoms with Crippen LogP contribution in [0.2, 0.25) is 9.36 Å². The van der Waals surface area contributed by atoms with Crippen LogP contribution >= 0.6 is 34.5 Å². The molecule has 0 radical (unpaired) electrons. The number of likely N-dealkylation sites (N-methyl/N-ethyl adjacent to an activating group) is 1. The predicted molar refractivity (Wildman–Crippen MR) is 135 cm³/mol. The van der Waals surface area contributed by atoms with Gasteiger partial charge in [0.1, 0.15) is 20.4 Å². The highest BCUT2D eigenvalue weighted by Crippen LogP contribution is 2.40. The number of hydrogen-bond donors (Lipinski definition) is 1. The summed E-state index contributed by atoms with van der Waals surface area (Å²) in [5.41, 5.74) is 1.59. The van der Waals surface area contributed by atoms with Crippen LogP contribution in [-0.2, 0) is 10.0 Å². The zero-order chi connectivity index (χ0) is 24.6. The minimum Gasteiger partial charge on any atom is -0.487 e. The number of thiophene rings is 1. The molecule has 8 nitrogen and oxygen atoms in total. The second-order valence-corrected chi connectivity index (χ2v) is 12.0. The van der Waals surface area contributed by atoms with E-state index in [1.807, 2.05) is 7.05 Å². The van der Waals surface area contributed by atoms with Crippen LogP contribution in [-0.4, -0.2) is 44.5 Å². The molecular weight excluding hydrogens is 521 g/mol. The summed E-state index contributed by atoms with van der Waals surface area (Å²) in [4.78, 5) is 12.9. The average Bonchev–Trinajstić information content (AvgIpc) is 3.36. The van der Waals surface area contributed by atoms with E-state index in [9.17, 15) is 18.5 Å². The number of hydrogen-bond acceptors (Lipinski definition) is 7. The molecule has 1 atom stereocenters. The Morgan fingerprint density at radius 1 is 1.21 bits per heavy atom. The Balaban J connectivity index is 1.59. The van der Waals surface area contributed by atoms with Crippen molar-refractivity contribution < 1.29 is 18.1 Å². The Hall–Kier alpha value is -2.37.